The number of nitrogens with two attached hydrogens (primary N) is 1. The smallest absolute Gasteiger partial charge is 0.259 e. The van der Waals surface area contributed by atoms with E-state index in [9.17, 15) is 4.79 Å². The summed E-state index contributed by atoms with van der Waals surface area (Å²) in [7, 11) is 0. The van der Waals surface area contributed by atoms with E-state index >= 15 is 0 Å². The maximum Gasteiger partial charge on any atom is 0.259 e. The van der Waals surface area contributed by atoms with Crippen molar-refractivity contribution in [2.45, 2.75) is 0 Å². The molecule has 0 fully saturated rings. The summed E-state index contributed by atoms with van der Waals surface area (Å²) in [6.45, 7) is 0. The largest absolute Gasteiger partial charge is 0.322 e. The fourth-order valence-corrected chi connectivity index (χ4v) is 2.96. The van der Waals surface area contributed by atoms with Crippen LogP contribution in [-0.2, 0) is 0 Å². The van der Waals surface area contributed by atoms with Crippen LogP contribution in [-0.4, -0.2) is 15.9 Å². The first-order valence-electron chi connectivity index (χ1n) is 5.95. The number of hydrogen-bond donors (Lipinski definition) is 3. The Balaban J connectivity index is 1.89. The number of aromatic nitrogens is 2. The molecule has 0 radical (unpaired) electrons. The van der Waals surface area contributed by atoms with Gasteiger partial charge in [-0.05, 0) is 24.3 Å². The van der Waals surface area contributed by atoms with Crippen molar-refractivity contribution in [3.8, 4) is 0 Å². The Bertz CT molecular complexity index is 819. The fraction of sp³-hybridized carbons (Fsp3) is 0. The third kappa shape index (κ3) is 2.80. The number of carbonyl (C=O) groups excluding carboxylic acids is 1. The van der Waals surface area contributed by atoms with Crippen LogP contribution in [0.5, 0.6) is 0 Å². The Morgan fingerprint density at radius 1 is 1.33 bits per heavy atom. The summed E-state index contributed by atoms with van der Waals surface area (Å²) >= 11 is 7.28. The quantitative estimate of drug-likeness (QED) is 0.510. The predicted octanol–water partition coefficient (Wildman–Crippen LogP) is 2.88. The van der Waals surface area contributed by atoms with Gasteiger partial charge in [0.15, 0.2) is 5.13 Å². The number of halogens is 1. The van der Waals surface area contributed by atoms with Crippen LogP contribution in [0.3, 0.4) is 0 Å². The minimum atomic E-state index is -0.310. The van der Waals surface area contributed by atoms with Crippen molar-refractivity contribution in [3.63, 3.8) is 0 Å². The van der Waals surface area contributed by atoms with Crippen molar-refractivity contribution in [2.24, 2.45) is 5.84 Å². The van der Waals surface area contributed by atoms with E-state index in [0.717, 1.165) is 10.2 Å². The number of anilines is 2. The summed E-state index contributed by atoms with van der Waals surface area (Å²) < 4.78 is 0.907. The Morgan fingerprint density at radius 2 is 2.19 bits per heavy atom. The Kier molecular flexibility index (Phi) is 3.70. The molecule has 1 aromatic carbocycles. The number of amides is 1. The van der Waals surface area contributed by atoms with Gasteiger partial charge < -0.3 is 5.43 Å². The van der Waals surface area contributed by atoms with E-state index < -0.39 is 0 Å². The van der Waals surface area contributed by atoms with Gasteiger partial charge in [-0.3, -0.25) is 20.9 Å². The van der Waals surface area contributed by atoms with Crippen molar-refractivity contribution < 1.29 is 4.79 Å². The molecule has 0 unspecified atom stereocenters. The lowest BCUT2D eigenvalue weighted by Crippen LogP contribution is -2.17. The second-order valence-electron chi connectivity index (χ2n) is 4.15. The molecule has 21 heavy (non-hydrogen) atoms. The summed E-state index contributed by atoms with van der Waals surface area (Å²) in [5.41, 5.74) is 4.06. The standard InChI is InChI=1S/C13H10ClN5OS/c14-7-1-2-9-11(5-7)21-13(17-9)18-12(20)8-3-4-16-6-10(8)19-15/h1-6,19H,15H2,(H,17,18,20). The third-order valence-corrected chi connectivity index (χ3v) is 3.96. The Hall–Kier alpha value is -2.22. The SMILES string of the molecule is NNc1cnccc1C(=O)Nc1nc2ccc(Cl)cc2s1. The van der Waals surface area contributed by atoms with Gasteiger partial charge in [0.25, 0.3) is 5.91 Å². The molecule has 0 saturated heterocycles. The van der Waals surface area contributed by atoms with Crippen LogP contribution in [0.15, 0.2) is 36.7 Å². The molecule has 6 nitrogen and oxygen atoms in total. The highest BCUT2D eigenvalue weighted by molar-refractivity contribution is 7.22. The lowest BCUT2D eigenvalue weighted by molar-refractivity contribution is 0.102. The lowest BCUT2D eigenvalue weighted by atomic mass is 10.2. The molecule has 0 atom stereocenters. The molecular formula is C13H10ClN5OS. The molecule has 106 valence electrons. The average Bonchev–Trinajstić information content (AvgIpc) is 2.88. The van der Waals surface area contributed by atoms with Crippen LogP contribution in [0.4, 0.5) is 10.8 Å². The normalized spacial score (nSPS) is 10.6. The molecule has 0 spiro atoms. The highest BCUT2D eigenvalue weighted by Gasteiger charge is 2.13. The molecule has 3 aromatic rings. The van der Waals surface area contributed by atoms with E-state index in [-0.39, 0.29) is 5.91 Å². The van der Waals surface area contributed by atoms with E-state index in [0.29, 0.717) is 21.4 Å². The Morgan fingerprint density at radius 3 is 3.00 bits per heavy atom. The number of thiazole rings is 1. The molecule has 0 saturated carbocycles. The molecule has 3 rings (SSSR count). The van der Waals surface area contributed by atoms with Gasteiger partial charge in [-0.2, -0.15) is 0 Å². The monoisotopic (exact) mass is 319 g/mol. The van der Waals surface area contributed by atoms with Crippen LogP contribution in [0.2, 0.25) is 5.02 Å². The number of nitrogen functional groups attached to an aromatic ring is 1. The molecule has 4 N–H and O–H groups in total. The first kappa shape index (κ1) is 13.7. The first-order chi connectivity index (χ1) is 10.2. The van der Waals surface area contributed by atoms with E-state index in [4.69, 9.17) is 17.4 Å². The minimum Gasteiger partial charge on any atom is -0.322 e. The molecule has 8 heteroatoms. The number of benzene rings is 1. The third-order valence-electron chi connectivity index (χ3n) is 2.79. The van der Waals surface area contributed by atoms with Crippen LogP contribution in [0.1, 0.15) is 10.4 Å². The first-order valence-corrected chi connectivity index (χ1v) is 7.15. The molecule has 0 aliphatic heterocycles. The Labute approximate surface area is 128 Å². The minimum absolute atomic E-state index is 0.310. The highest BCUT2D eigenvalue weighted by Crippen LogP contribution is 2.28. The number of nitrogens with one attached hydrogen (secondary N) is 2. The topological polar surface area (TPSA) is 92.9 Å². The average molecular weight is 320 g/mol. The van der Waals surface area contributed by atoms with E-state index in [1.165, 1.54) is 23.7 Å². The highest BCUT2D eigenvalue weighted by atomic mass is 35.5. The zero-order valence-electron chi connectivity index (χ0n) is 10.6. The van der Waals surface area contributed by atoms with Gasteiger partial charge in [0.05, 0.1) is 27.7 Å². The summed E-state index contributed by atoms with van der Waals surface area (Å²) in [4.78, 5) is 20.5. The van der Waals surface area contributed by atoms with E-state index in [1.807, 2.05) is 12.1 Å². The van der Waals surface area contributed by atoms with Gasteiger partial charge in [-0.1, -0.05) is 22.9 Å². The van der Waals surface area contributed by atoms with Gasteiger partial charge in [-0.15, -0.1) is 0 Å². The van der Waals surface area contributed by atoms with E-state index in [2.05, 4.69) is 20.7 Å². The van der Waals surface area contributed by atoms with Gasteiger partial charge in [0, 0.05) is 11.2 Å². The van der Waals surface area contributed by atoms with Crippen LogP contribution < -0.4 is 16.6 Å². The number of hydrazine groups is 1. The molecule has 2 heterocycles. The van der Waals surface area contributed by atoms with Gasteiger partial charge in [-0.25, -0.2) is 4.98 Å². The lowest BCUT2D eigenvalue weighted by Gasteiger charge is -2.06. The summed E-state index contributed by atoms with van der Waals surface area (Å²) in [5, 5.41) is 3.87. The summed E-state index contributed by atoms with van der Waals surface area (Å²) in [6.07, 6.45) is 3.00. The number of hydrogen-bond acceptors (Lipinski definition) is 6. The van der Waals surface area contributed by atoms with Crippen molar-refractivity contribution in [2.75, 3.05) is 10.7 Å². The number of nitrogens with zero attached hydrogens (tertiary/aromatic N) is 2. The molecular weight excluding hydrogens is 310 g/mol. The zero-order valence-corrected chi connectivity index (χ0v) is 12.2. The van der Waals surface area contributed by atoms with Gasteiger partial charge in [0.1, 0.15) is 0 Å². The van der Waals surface area contributed by atoms with Crippen LogP contribution in [0.25, 0.3) is 10.2 Å². The molecule has 1 amide bonds. The number of rotatable bonds is 3. The maximum atomic E-state index is 12.2. The number of pyridine rings is 1. The van der Waals surface area contributed by atoms with Crippen molar-refractivity contribution in [3.05, 3.63) is 47.2 Å². The fourth-order valence-electron chi connectivity index (χ4n) is 1.82. The van der Waals surface area contributed by atoms with Crippen molar-refractivity contribution in [1.82, 2.24) is 9.97 Å². The van der Waals surface area contributed by atoms with Crippen molar-refractivity contribution >= 4 is 49.9 Å². The van der Waals surface area contributed by atoms with Gasteiger partial charge in [0.2, 0.25) is 0 Å². The molecule has 0 aliphatic carbocycles. The second-order valence-corrected chi connectivity index (χ2v) is 5.62. The zero-order chi connectivity index (χ0) is 14.8. The van der Waals surface area contributed by atoms with Crippen LogP contribution >= 0.6 is 22.9 Å². The van der Waals surface area contributed by atoms with Crippen LogP contribution in [0, 0.1) is 0 Å². The van der Waals surface area contributed by atoms with Crippen molar-refractivity contribution in [1.29, 1.82) is 0 Å². The predicted molar refractivity (Wildman–Crippen MR) is 84.6 cm³/mol. The summed E-state index contributed by atoms with van der Waals surface area (Å²) in [6, 6.07) is 6.95. The van der Waals surface area contributed by atoms with E-state index in [1.54, 1.807) is 12.1 Å². The molecule has 0 bridgehead atoms. The second kappa shape index (κ2) is 5.65. The number of carbonyl (C=O) groups is 1. The summed E-state index contributed by atoms with van der Waals surface area (Å²) in [5.74, 6) is 5.05. The molecule has 2 aromatic heterocycles. The maximum absolute atomic E-state index is 12.2. The molecule has 0 aliphatic rings. The number of fused-ring (bicyclic) bond motifs is 1. The van der Waals surface area contributed by atoms with Gasteiger partial charge >= 0.3 is 0 Å².